The Bertz CT molecular complexity index is 1830. The standard InChI is InChI=1S/C26H44N7O18P3S/c1-5-26(4,39)24(38)55-9-8-28-15(34)6-7-29-22(37)19(36)25(2,3)11-48-54(45,46)51-53(43,44)47-10-14-18(50-52(40,41)42)17(35)23(49-14)33-13-32-16-20(27)30-12-31-21(16)33/h12-14,17-19,23,35-36,39H,5-11H2,1-4H3,(H,28,34)(H,29,37)(H,43,44)(H,45,46)(H2,27,30,31)(H2,40,41,42)/t14-,17-,18-,19+,23-,26?/m1/s1. The fourth-order valence-electron chi connectivity index (χ4n) is 4.57. The number of aromatic nitrogens is 4. The molecule has 0 aromatic carbocycles. The summed E-state index contributed by atoms with van der Waals surface area (Å²) in [5.74, 6) is -1.34. The predicted octanol–water partition coefficient (Wildman–Crippen LogP) is -1.17. The molecule has 0 saturated carbocycles. The van der Waals surface area contributed by atoms with E-state index < -0.39 is 95.3 Å². The Morgan fingerprint density at radius 2 is 1.71 bits per heavy atom. The van der Waals surface area contributed by atoms with Crippen molar-refractivity contribution in [1.29, 1.82) is 0 Å². The fourth-order valence-corrected chi connectivity index (χ4v) is 8.25. The third kappa shape index (κ3) is 13.6. The van der Waals surface area contributed by atoms with Crippen LogP contribution in [-0.4, -0.2) is 133 Å². The van der Waals surface area contributed by atoms with Crippen molar-refractivity contribution in [1.82, 2.24) is 30.2 Å². The molecule has 3 heterocycles. The van der Waals surface area contributed by atoms with Gasteiger partial charge in [-0.1, -0.05) is 32.5 Å². The van der Waals surface area contributed by atoms with Gasteiger partial charge in [0.05, 0.1) is 19.5 Å². The molecule has 2 aromatic heterocycles. The van der Waals surface area contributed by atoms with Gasteiger partial charge in [0.25, 0.3) is 0 Å². The van der Waals surface area contributed by atoms with Crippen LogP contribution in [-0.2, 0) is 50.7 Å². The van der Waals surface area contributed by atoms with Gasteiger partial charge in [0.15, 0.2) is 17.7 Å². The van der Waals surface area contributed by atoms with Gasteiger partial charge in [-0.2, -0.15) is 4.31 Å². The molecule has 0 radical (unpaired) electrons. The largest absolute Gasteiger partial charge is 0.481 e. The number of phosphoric ester groups is 3. The van der Waals surface area contributed by atoms with Gasteiger partial charge < -0.3 is 56.0 Å². The minimum absolute atomic E-state index is 0.0251. The van der Waals surface area contributed by atoms with E-state index in [2.05, 4.69) is 34.4 Å². The van der Waals surface area contributed by atoms with E-state index in [9.17, 15) is 63.0 Å². The first-order chi connectivity index (χ1) is 25.3. The van der Waals surface area contributed by atoms with Crippen molar-refractivity contribution in [2.75, 3.05) is 37.8 Å². The number of imidazole rings is 1. The van der Waals surface area contributed by atoms with Crippen molar-refractivity contribution in [3.8, 4) is 0 Å². The van der Waals surface area contributed by atoms with Crippen molar-refractivity contribution < 1.29 is 85.6 Å². The van der Waals surface area contributed by atoms with Crippen molar-refractivity contribution in [3.05, 3.63) is 12.7 Å². The van der Waals surface area contributed by atoms with Crippen LogP contribution < -0.4 is 16.4 Å². The summed E-state index contributed by atoms with van der Waals surface area (Å²) in [7, 11) is -16.4. The zero-order valence-corrected chi connectivity index (χ0v) is 33.2. The summed E-state index contributed by atoms with van der Waals surface area (Å²) >= 11 is 0.852. The average molecular weight is 868 g/mol. The van der Waals surface area contributed by atoms with Crippen LogP contribution in [0.25, 0.3) is 11.2 Å². The molecule has 1 aliphatic rings. The molecular weight excluding hydrogens is 823 g/mol. The lowest BCUT2D eigenvalue weighted by Gasteiger charge is -2.30. The molecule has 2 aromatic rings. The molecule has 3 rings (SSSR count). The number of anilines is 1. The molecule has 8 atom stereocenters. The van der Waals surface area contributed by atoms with Crippen molar-refractivity contribution >= 4 is 69.1 Å². The molecule has 11 N–H and O–H groups in total. The van der Waals surface area contributed by atoms with Crippen LogP contribution in [0.5, 0.6) is 0 Å². The first-order valence-corrected chi connectivity index (χ1v) is 21.6. The van der Waals surface area contributed by atoms with E-state index in [1.54, 1.807) is 6.92 Å². The number of nitrogens with zero attached hydrogens (tertiary/aromatic N) is 4. The first-order valence-electron chi connectivity index (χ1n) is 16.1. The van der Waals surface area contributed by atoms with E-state index in [-0.39, 0.29) is 48.7 Å². The minimum Gasteiger partial charge on any atom is -0.386 e. The zero-order chi connectivity index (χ0) is 41.6. The van der Waals surface area contributed by atoms with Crippen LogP contribution in [0.15, 0.2) is 12.7 Å². The number of carbonyl (C=O) groups is 3. The van der Waals surface area contributed by atoms with E-state index in [1.807, 2.05) is 0 Å². The molecule has 2 amide bonds. The monoisotopic (exact) mass is 867 g/mol. The number of carbonyl (C=O) groups excluding carboxylic acids is 3. The van der Waals surface area contributed by atoms with Crippen LogP contribution in [0.4, 0.5) is 5.82 Å². The van der Waals surface area contributed by atoms with Crippen LogP contribution in [0.2, 0.25) is 0 Å². The van der Waals surface area contributed by atoms with Crippen LogP contribution in [0.3, 0.4) is 0 Å². The molecule has 1 aliphatic heterocycles. The maximum absolute atomic E-state index is 12.7. The number of thioether (sulfide) groups is 1. The highest BCUT2D eigenvalue weighted by atomic mass is 32.2. The minimum atomic E-state index is -5.58. The summed E-state index contributed by atoms with van der Waals surface area (Å²) in [6, 6.07) is 0. The number of aliphatic hydroxyl groups excluding tert-OH is 2. The highest BCUT2D eigenvalue weighted by molar-refractivity contribution is 8.13. The SMILES string of the molecule is CCC(C)(O)C(=O)SCCNC(=O)CCNC(=O)[C@H](O)C(C)(C)COP(=O)(O)OP(=O)(O)OC[C@H]1O[C@@H](n2cnc3c(N)ncnc32)[C@H](O)[C@@H]1OP(=O)(O)O. The Kier molecular flexibility index (Phi) is 16.1. The smallest absolute Gasteiger partial charge is 0.386 e. The lowest BCUT2D eigenvalue weighted by molar-refractivity contribution is -0.137. The van der Waals surface area contributed by atoms with Gasteiger partial charge in [0.1, 0.15) is 41.9 Å². The first kappa shape index (κ1) is 46.9. The van der Waals surface area contributed by atoms with Gasteiger partial charge in [0.2, 0.25) is 16.9 Å². The number of rotatable bonds is 21. The van der Waals surface area contributed by atoms with Crippen molar-refractivity contribution in [3.63, 3.8) is 0 Å². The van der Waals surface area contributed by atoms with E-state index >= 15 is 0 Å². The lowest BCUT2D eigenvalue weighted by Crippen LogP contribution is -2.46. The molecule has 3 unspecified atom stereocenters. The number of nitrogens with two attached hydrogens (primary N) is 1. The molecule has 25 nitrogen and oxygen atoms in total. The van der Waals surface area contributed by atoms with E-state index in [0.717, 1.165) is 29.0 Å². The number of amides is 2. The zero-order valence-electron chi connectivity index (χ0n) is 29.7. The molecular formula is C26H44N7O18P3S. The molecule has 1 saturated heterocycles. The van der Waals surface area contributed by atoms with Gasteiger partial charge in [-0.05, 0) is 13.3 Å². The number of fused-ring (bicyclic) bond motifs is 1. The van der Waals surface area contributed by atoms with Gasteiger partial charge in [-0.15, -0.1) is 0 Å². The summed E-state index contributed by atoms with van der Waals surface area (Å²) in [6.45, 7) is 3.34. The van der Waals surface area contributed by atoms with Gasteiger partial charge in [-0.3, -0.25) is 32.5 Å². The van der Waals surface area contributed by atoms with E-state index in [0.29, 0.717) is 0 Å². The third-order valence-electron chi connectivity index (χ3n) is 7.86. The number of hydrogen-bond donors (Lipinski definition) is 10. The highest BCUT2D eigenvalue weighted by Gasteiger charge is 2.50. The average Bonchev–Trinajstić information content (AvgIpc) is 3.64. The Morgan fingerprint density at radius 3 is 2.35 bits per heavy atom. The van der Waals surface area contributed by atoms with Gasteiger partial charge >= 0.3 is 23.5 Å². The highest BCUT2D eigenvalue weighted by Crippen LogP contribution is 2.61. The Balaban J connectivity index is 1.50. The van der Waals surface area contributed by atoms with E-state index in [1.165, 1.54) is 20.8 Å². The Hall–Kier alpha value is -2.48. The number of phosphoric acid groups is 3. The topological polar surface area (TPSA) is 384 Å². The van der Waals surface area contributed by atoms with Gasteiger partial charge in [-0.25, -0.2) is 28.6 Å². The molecule has 55 heavy (non-hydrogen) atoms. The maximum atomic E-state index is 12.7. The van der Waals surface area contributed by atoms with Crippen molar-refractivity contribution in [2.24, 2.45) is 5.41 Å². The number of ether oxygens (including phenoxy) is 1. The summed E-state index contributed by atoms with van der Waals surface area (Å²) in [5.41, 5.74) is 2.74. The van der Waals surface area contributed by atoms with Gasteiger partial charge in [0, 0.05) is 30.7 Å². The molecule has 0 aliphatic carbocycles. The lowest BCUT2D eigenvalue weighted by atomic mass is 9.87. The van der Waals surface area contributed by atoms with Crippen LogP contribution in [0, 0.1) is 5.41 Å². The molecule has 0 spiro atoms. The third-order valence-corrected chi connectivity index (χ3v) is 12.1. The summed E-state index contributed by atoms with van der Waals surface area (Å²) in [6.07, 6.45) is -6.79. The molecule has 0 bridgehead atoms. The summed E-state index contributed by atoms with van der Waals surface area (Å²) < 4.78 is 62.0. The quantitative estimate of drug-likeness (QED) is 0.0522. The molecule has 312 valence electrons. The summed E-state index contributed by atoms with van der Waals surface area (Å²) in [4.78, 5) is 87.3. The van der Waals surface area contributed by atoms with E-state index in [4.69, 9.17) is 19.5 Å². The summed E-state index contributed by atoms with van der Waals surface area (Å²) in [5, 5.41) is 35.7. The fraction of sp³-hybridized carbons (Fsp3) is 0.692. The number of hydrogen-bond acceptors (Lipinski definition) is 19. The van der Waals surface area contributed by atoms with Crippen LogP contribution in [0.1, 0.15) is 46.8 Å². The Labute approximate surface area is 317 Å². The maximum Gasteiger partial charge on any atom is 0.481 e. The Morgan fingerprint density at radius 1 is 1.05 bits per heavy atom. The van der Waals surface area contributed by atoms with Crippen molar-refractivity contribution in [2.45, 2.75) is 76.8 Å². The predicted molar refractivity (Wildman–Crippen MR) is 188 cm³/mol. The second-order valence-corrected chi connectivity index (χ2v) is 18.1. The molecule has 1 fully saturated rings. The second kappa shape index (κ2) is 18.9. The number of nitrogens with one attached hydrogen (secondary N) is 2. The normalized spacial score (nSPS) is 23.0. The second-order valence-electron chi connectivity index (χ2n) is 12.8. The number of aliphatic hydroxyl groups is 3. The molecule has 29 heteroatoms. The van der Waals surface area contributed by atoms with Crippen LogP contribution >= 0.6 is 35.2 Å². The number of nitrogen functional groups attached to an aromatic ring is 1.